The number of hydrogen-bond donors (Lipinski definition) is 1. The Bertz CT molecular complexity index is 1030. The molecule has 4 rings (SSSR count). The first kappa shape index (κ1) is 25.7. The monoisotopic (exact) mass is 495 g/mol. The lowest BCUT2D eigenvalue weighted by molar-refractivity contribution is -0.185. The maximum Gasteiger partial charge on any atom is 0.391 e. The standard InChI is InChI=1S/C27H33F4NO3/c1-17(32-12-2-3-18(16-32)13-26(33)34)20-5-4-19-6-11-25(24(15-28)23(19)14-20)35-22-9-7-21(8-10-22)27(29,30)31/h4-6,11,14,17-18,21-22H,2-3,7-10,12-13,15-16H2,1H3,(H,33,34)/t17?,18-,21?,22?/m1/s1. The van der Waals surface area contributed by atoms with E-state index >= 15 is 0 Å². The lowest BCUT2D eigenvalue weighted by Gasteiger charge is -2.36. The van der Waals surface area contributed by atoms with Crippen LogP contribution in [0.3, 0.4) is 0 Å². The summed E-state index contributed by atoms with van der Waals surface area (Å²) in [6.45, 7) is 2.95. The maximum atomic E-state index is 14.3. The molecule has 1 aliphatic heterocycles. The van der Waals surface area contributed by atoms with Crippen molar-refractivity contribution in [3.05, 3.63) is 41.5 Å². The largest absolute Gasteiger partial charge is 0.490 e. The van der Waals surface area contributed by atoms with E-state index in [0.717, 1.165) is 35.7 Å². The average Bonchev–Trinajstić information content (AvgIpc) is 2.82. The molecule has 0 bridgehead atoms. The number of likely N-dealkylation sites (tertiary alicyclic amines) is 1. The van der Waals surface area contributed by atoms with Gasteiger partial charge in [0.15, 0.2) is 0 Å². The minimum Gasteiger partial charge on any atom is -0.490 e. The van der Waals surface area contributed by atoms with Crippen molar-refractivity contribution in [1.82, 2.24) is 4.90 Å². The Labute approximate surface area is 203 Å². The van der Waals surface area contributed by atoms with Crippen LogP contribution in [0.5, 0.6) is 5.75 Å². The van der Waals surface area contributed by atoms with Gasteiger partial charge in [-0.15, -0.1) is 0 Å². The molecule has 1 saturated heterocycles. The van der Waals surface area contributed by atoms with Gasteiger partial charge in [0.2, 0.25) is 0 Å². The van der Waals surface area contributed by atoms with Crippen molar-refractivity contribution in [3.63, 3.8) is 0 Å². The number of piperidine rings is 1. The molecule has 1 heterocycles. The molecule has 2 aliphatic rings. The molecular weight excluding hydrogens is 462 g/mol. The number of fused-ring (bicyclic) bond motifs is 1. The molecule has 1 unspecified atom stereocenters. The number of carboxylic acid groups (broad SMARTS) is 1. The van der Waals surface area contributed by atoms with Crippen LogP contribution in [0.2, 0.25) is 0 Å². The number of nitrogens with zero attached hydrogens (tertiary/aromatic N) is 1. The Morgan fingerprint density at radius 1 is 1.14 bits per heavy atom. The highest BCUT2D eigenvalue weighted by atomic mass is 19.4. The van der Waals surface area contributed by atoms with Gasteiger partial charge in [0.05, 0.1) is 12.0 Å². The molecule has 192 valence electrons. The summed E-state index contributed by atoms with van der Waals surface area (Å²) in [7, 11) is 0. The van der Waals surface area contributed by atoms with Crippen molar-refractivity contribution in [2.75, 3.05) is 13.1 Å². The van der Waals surface area contributed by atoms with Gasteiger partial charge in [-0.2, -0.15) is 13.2 Å². The Hall–Kier alpha value is -2.35. The Balaban J connectivity index is 1.52. The summed E-state index contributed by atoms with van der Waals surface area (Å²) in [6, 6.07) is 9.58. The van der Waals surface area contributed by atoms with Crippen molar-refractivity contribution in [2.24, 2.45) is 11.8 Å². The molecule has 2 aromatic carbocycles. The number of carboxylic acids is 1. The third-order valence-corrected chi connectivity index (χ3v) is 7.72. The van der Waals surface area contributed by atoms with Crippen LogP contribution in [0.25, 0.3) is 10.8 Å². The van der Waals surface area contributed by atoms with Gasteiger partial charge in [0.25, 0.3) is 0 Å². The minimum atomic E-state index is -4.17. The van der Waals surface area contributed by atoms with E-state index in [4.69, 9.17) is 9.84 Å². The first-order valence-electron chi connectivity index (χ1n) is 12.5. The number of benzene rings is 2. The SMILES string of the molecule is CC(c1ccc2ccc(OC3CCC(C(F)(F)F)CC3)c(CF)c2c1)N1CCC[C@H](CC(=O)O)C1. The molecule has 1 N–H and O–H groups in total. The fourth-order valence-electron chi connectivity index (χ4n) is 5.65. The average molecular weight is 496 g/mol. The molecule has 2 aromatic rings. The molecule has 0 amide bonds. The zero-order valence-corrected chi connectivity index (χ0v) is 20.0. The van der Waals surface area contributed by atoms with Crippen molar-refractivity contribution in [2.45, 2.75) is 76.9 Å². The van der Waals surface area contributed by atoms with E-state index in [1.807, 2.05) is 24.3 Å². The van der Waals surface area contributed by atoms with E-state index in [-0.39, 0.29) is 37.3 Å². The molecule has 35 heavy (non-hydrogen) atoms. The van der Waals surface area contributed by atoms with E-state index in [1.165, 1.54) is 0 Å². The summed E-state index contributed by atoms with van der Waals surface area (Å²) in [6.07, 6.45) is -1.83. The summed E-state index contributed by atoms with van der Waals surface area (Å²) in [5, 5.41) is 10.8. The smallest absolute Gasteiger partial charge is 0.391 e. The summed E-state index contributed by atoms with van der Waals surface area (Å²) >= 11 is 0. The first-order chi connectivity index (χ1) is 16.7. The molecule has 0 aromatic heterocycles. The molecule has 0 spiro atoms. The number of carbonyl (C=O) groups is 1. The zero-order chi connectivity index (χ0) is 25.2. The van der Waals surface area contributed by atoms with Gasteiger partial charge in [-0.25, -0.2) is 4.39 Å². The third-order valence-electron chi connectivity index (χ3n) is 7.72. The van der Waals surface area contributed by atoms with Gasteiger partial charge >= 0.3 is 12.1 Å². The second-order valence-corrected chi connectivity index (χ2v) is 10.1. The second-order valence-electron chi connectivity index (χ2n) is 10.1. The fraction of sp³-hybridized carbons (Fsp3) is 0.593. The van der Waals surface area contributed by atoms with Gasteiger partial charge in [-0.3, -0.25) is 9.69 Å². The second kappa shape index (κ2) is 10.7. The van der Waals surface area contributed by atoms with Crippen LogP contribution in [0.15, 0.2) is 30.3 Å². The van der Waals surface area contributed by atoms with Gasteiger partial charge in [0, 0.05) is 24.6 Å². The summed E-state index contributed by atoms with van der Waals surface area (Å²) < 4.78 is 59.2. The van der Waals surface area contributed by atoms with E-state index in [0.29, 0.717) is 30.7 Å². The number of aliphatic carboxylic acids is 1. The highest BCUT2D eigenvalue weighted by Crippen LogP contribution is 2.40. The fourth-order valence-corrected chi connectivity index (χ4v) is 5.65. The Morgan fingerprint density at radius 3 is 2.51 bits per heavy atom. The van der Waals surface area contributed by atoms with Gasteiger partial charge in [-0.05, 0) is 86.4 Å². The normalized spacial score (nSPS) is 24.9. The topological polar surface area (TPSA) is 49.8 Å². The molecule has 4 nitrogen and oxygen atoms in total. The van der Waals surface area contributed by atoms with Crippen LogP contribution in [-0.2, 0) is 11.5 Å². The van der Waals surface area contributed by atoms with Gasteiger partial charge in [-0.1, -0.05) is 18.2 Å². The van der Waals surface area contributed by atoms with Crippen LogP contribution in [0, 0.1) is 11.8 Å². The third kappa shape index (κ3) is 6.08. The lowest BCUT2D eigenvalue weighted by atomic mass is 9.87. The highest BCUT2D eigenvalue weighted by molar-refractivity contribution is 5.88. The highest BCUT2D eigenvalue weighted by Gasteiger charge is 2.41. The summed E-state index contributed by atoms with van der Waals surface area (Å²) in [4.78, 5) is 13.4. The van der Waals surface area contributed by atoms with Crippen LogP contribution in [0.1, 0.15) is 69.0 Å². The Morgan fingerprint density at radius 2 is 1.86 bits per heavy atom. The molecular formula is C27H33F4NO3. The van der Waals surface area contributed by atoms with Crippen molar-refractivity contribution in [1.29, 1.82) is 0 Å². The zero-order valence-electron chi connectivity index (χ0n) is 20.0. The molecule has 2 atom stereocenters. The minimum absolute atomic E-state index is 0.0348. The number of hydrogen-bond acceptors (Lipinski definition) is 3. The predicted octanol–water partition coefficient (Wildman–Crippen LogP) is 7.06. The Kier molecular flexibility index (Phi) is 7.89. The number of ether oxygens (including phenoxy) is 1. The van der Waals surface area contributed by atoms with Crippen LogP contribution < -0.4 is 4.74 Å². The van der Waals surface area contributed by atoms with Crippen LogP contribution >= 0.6 is 0 Å². The van der Waals surface area contributed by atoms with E-state index < -0.39 is 24.7 Å². The van der Waals surface area contributed by atoms with Crippen molar-refractivity contribution in [3.8, 4) is 5.75 Å². The first-order valence-corrected chi connectivity index (χ1v) is 12.5. The van der Waals surface area contributed by atoms with Gasteiger partial charge < -0.3 is 9.84 Å². The van der Waals surface area contributed by atoms with Gasteiger partial charge in [0.1, 0.15) is 12.4 Å². The molecule has 2 fully saturated rings. The van der Waals surface area contributed by atoms with Crippen molar-refractivity contribution < 1.29 is 32.2 Å². The van der Waals surface area contributed by atoms with E-state index in [1.54, 1.807) is 6.07 Å². The molecule has 1 aliphatic carbocycles. The molecule has 1 saturated carbocycles. The number of rotatable bonds is 7. The summed E-state index contributed by atoms with van der Waals surface area (Å²) in [5.74, 6) is -1.53. The molecule has 0 radical (unpaired) electrons. The van der Waals surface area contributed by atoms with Crippen LogP contribution in [-0.4, -0.2) is 41.3 Å². The predicted molar refractivity (Wildman–Crippen MR) is 126 cm³/mol. The van der Waals surface area contributed by atoms with Crippen LogP contribution in [0.4, 0.5) is 17.6 Å². The maximum absolute atomic E-state index is 14.3. The number of alkyl halides is 4. The molecule has 8 heteroatoms. The summed E-state index contributed by atoms with van der Waals surface area (Å²) in [5.41, 5.74) is 1.45. The van der Waals surface area contributed by atoms with E-state index in [2.05, 4.69) is 11.8 Å². The van der Waals surface area contributed by atoms with E-state index in [9.17, 15) is 22.4 Å². The number of halogens is 4. The van der Waals surface area contributed by atoms with Crippen molar-refractivity contribution >= 4 is 16.7 Å². The quantitative estimate of drug-likeness (QED) is 0.418. The lowest BCUT2D eigenvalue weighted by Crippen LogP contribution is -2.37.